The van der Waals surface area contributed by atoms with E-state index < -0.39 is 10.8 Å². The van der Waals surface area contributed by atoms with Gasteiger partial charge in [-0.15, -0.1) is 0 Å². The molecule has 11 aromatic rings. The van der Waals surface area contributed by atoms with E-state index in [-0.39, 0.29) is 0 Å². The molecule has 0 saturated carbocycles. The van der Waals surface area contributed by atoms with Gasteiger partial charge in [0.2, 0.25) is 0 Å². The molecular formula is C62H37NO. The van der Waals surface area contributed by atoms with E-state index >= 15 is 0 Å². The monoisotopic (exact) mass is 811 g/mol. The lowest BCUT2D eigenvalue weighted by Crippen LogP contribution is -2.26. The van der Waals surface area contributed by atoms with Crippen molar-refractivity contribution < 1.29 is 4.42 Å². The van der Waals surface area contributed by atoms with Gasteiger partial charge < -0.3 is 9.32 Å². The fourth-order valence-corrected chi connectivity index (χ4v) is 12.8. The molecule has 4 aliphatic carbocycles. The zero-order valence-corrected chi connectivity index (χ0v) is 34.7. The summed E-state index contributed by atoms with van der Waals surface area (Å²) < 4.78 is 6.97. The zero-order chi connectivity index (χ0) is 41.7. The predicted molar refractivity (Wildman–Crippen MR) is 261 cm³/mol. The number of hydrogen-bond donors (Lipinski definition) is 0. The molecule has 15 rings (SSSR count). The Balaban J connectivity index is 1.07. The fraction of sp³-hybridized carbons (Fsp3) is 0.0323. The molecule has 2 spiro atoms. The van der Waals surface area contributed by atoms with E-state index in [1.165, 1.54) is 89.0 Å². The van der Waals surface area contributed by atoms with Gasteiger partial charge in [0.15, 0.2) is 5.58 Å². The van der Waals surface area contributed by atoms with Crippen molar-refractivity contribution in [3.05, 3.63) is 269 Å². The van der Waals surface area contributed by atoms with Gasteiger partial charge in [-0.2, -0.15) is 0 Å². The van der Waals surface area contributed by atoms with Gasteiger partial charge in [0.05, 0.1) is 22.2 Å². The molecule has 0 radical (unpaired) electrons. The van der Waals surface area contributed by atoms with Crippen molar-refractivity contribution in [3.63, 3.8) is 0 Å². The lowest BCUT2D eigenvalue weighted by molar-refractivity contribution is 0.669. The molecular weight excluding hydrogens is 775 g/mol. The maximum Gasteiger partial charge on any atom is 0.159 e. The van der Waals surface area contributed by atoms with E-state index in [9.17, 15) is 0 Å². The topological polar surface area (TPSA) is 16.4 Å². The van der Waals surface area contributed by atoms with E-state index in [2.05, 4.69) is 229 Å². The van der Waals surface area contributed by atoms with E-state index in [0.29, 0.717) is 0 Å². The van der Waals surface area contributed by atoms with Crippen molar-refractivity contribution >= 4 is 39.0 Å². The molecule has 0 bridgehead atoms. The summed E-state index contributed by atoms with van der Waals surface area (Å²) >= 11 is 0. The van der Waals surface area contributed by atoms with Crippen LogP contribution in [0.3, 0.4) is 0 Å². The summed E-state index contributed by atoms with van der Waals surface area (Å²) in [4.78, 5) is 2.51. The van der Waals surface area contributed by atoms with Crippen LogP contribution in [0.5, 0.6) is 0 Å². The van der Waals surface area contributed by atoms with Gasteiger partial charge >= 0.3 is 0 Å². The van der Waals surface area contributed by atoms with Crippen molar-refractivity contribution in [2.75, 3.05) is 4.90 Å². The Labute approximate surface area is 371 Å². The average Bonchev–Trinajstić information content (AvgIpc) is 4.13. The first-order chi connectivity index (χ1) is 31.8. The largest absolute Gasteiger partial charge is 0.454 e. The molecule has 0 amide bonds. The summed E-state index contributed by atoms with van der Waals surface area (Å²) in [6, 6.07) is 83.8. The van der Waals surface area contributed by atoms with Crippen molar-refractivity contribution in [3.8, 4) is 44.5 Å². The highest BCUT2D eigenvalue weighted by Crippen LogP contribution is 2.66. The first kappa shape index (κ1) is 34.4. The highest BCUT2D eigenvalue weighted by molar-refractivity contribution is 6.12. The second-order valence-corrected chi connectivity index (χ2v) is 17.8. The molecule has 2 heteroatoms. The van der Waals surface area contributed by atoms with Crippen molar-refractivity contribution in [2.45, 2.75) is 10.8 Å². The number of furan rings is 1. The van der Waals surface area contributed by atoms with Crippen LogP contribution in [-0.2, 0) is 10.8 Å². The molecule has 1 aromatic heterocycles. The molecule has 0 atom stereocenters. The Hall–Kier alpha value is -8.20. The van der Waals surface area contributed by atoms with Crippen molar-refractivity contribution in [1.82, 2.24) is 0 Å². The Morgan fingerprint density at radius 2 is 0.703 bits per heavy atom. The lowest BCUT2D eigenvalue weighted by Gasteiger charge is -2.33. The van der Waals surface area contributed by atoms with Crippen molar-refractivity contribution in [2.24, 2.45) is 0 Å². The Morgan fingerprint density at radius 3 is 1.28 bits per heavy atom. The second kappa shape index (κ2) is 12.2. The highest BCUT2D eigenvalue weighted by atomic mass is 16.3. The van der Waals surface area contributed by atoms with E-state index in [1.807, 2.05) is 0 Å². The zero-order valence-electron chi connectivity index (χ0n) is 34.7. The van der Waals surface area contributed by atoms with E-state index in [0.717, 1.165) is 39.0 Å². The van der Waals surface area contributed by atoms with Crippen LogP contribution in [0.2, 0.25) is 0 Å². The van der Waals surface area contributed by atoms with Gasteiger partial charge in [-0.05, 0) is 114 Å². The normalized spacial score (nSPS) is 14.5. The Kier molecular flexibility index (Phi) is 6.58. The van der Waals surface area contributed by atoms with Crippen molar-refractivity contribution in [1.29, 1.82) is 0 Å². The molecule has 0 aliphatic heterocycles. The van der Waals surface area contributed by atoms with Gasteiger partial charge in [-0.3, -0.25) is 0 Å². The summed E-state index contributed by atoms with van der Waals surface area (Å²) in [5.74, 6) is 0. The van der Waals surface area contributed by atoms with Crippen LogP contribution < -0.4 is 4.90 Å². The first-order valence-electron chi connectivity index (χ1n) is 22.3. The Bertz CT molecular complexity index is 3720. The quantitative estimate of drug-likeness (QED) is 0.177. The minimum absolute atomic E-state index is 0.479. The number of benzene rings is 10. The smallest absolute Gasteiger partial charge is 0.159 e. The second-order valence-electron chi connectivity index (χ2n) is 17.8. The molecule has 0 fully saturated rings. The molecule has 296 valence electrons. The number of anilines is 3. The summed E-state index contributed by atoms with van der Waals surface area (Å²) in [6.45, 7) is 0. The number of hydrogen-bond acceptors (Lipinski definition) is 2. The molecule has 64 heavy (non-hydrogen) atoms. The van der Waals surface area contributed by atoms with Crippen LogP contribution in [0.4, 0.5) is 17.1 Å². The third-order valence-corrected chi connectivity index (χ3v) is 15.1. The third-order valence-electron chi connectivity index (χ3n) is 15.1. The third kappa shape index (κ3) is 3.99. The maximum absolute atomic E-state index is 6.97. The van der Waals surface area contributed by atoms with Crippen LogP contribution in [-0.4, -0.2) is 0 Å². The van der Waals surface area contributed by atoms with Crippen LogP contribution in [0.15, 0.2) is 229 Å². The molecule has 2 nitrogen and oxygen atoms in total. The van der Waals surface area contributed by atoms with E-state index in [1.54, 1.807) is 0 Å². The van der Waals surface area contributed by atoms with Crippen LogP contribution in [0.1, 0.15) is 44.5 Å². The number of nitrogens with zero attached hydrogens (tertiary/aromatic N) is 1. The number of fused-ring (bicyclic) bond motifs is 23. The summed E-state index contributed by atoms with van der Waals surface area (Å²) in [6.07, 6.45) is 0. The van der Waals surface area contributed by atoms with Gasteiger partial charge in [0, 0.05) is 22.0 Å². The molecule has 0 saturated heterocycles. The summed E-state index contributed by atoms with van der Waals surface area (Å²) in [5, 5.41) is 2.22. The van der Waals surface area contributed by atoms with Gasteiger partial charge in [-0.1, -0.05) is 194 Å². The van der Waals surface area contributed by atoms with Crippen LogP contribution in [0.25, 0.3) is 66.4 Å². The molecule has 1 heterocycles. The number of rotatable bonds is 3. The lowest BCUT2D eigenvalue weighted by atomic mass is 9.70. The minimum atomic E-state index is -0.487. The summed E-state index contributed by atoms with van der Waals surface area (Å²) in [7, 11) is 0. The van der Waals surface area contributed by atoms with Gasteiger partial charge in [-0.25, -0.2) is 0 Å². The minimum Gasteiger partial charge on any atom is -0.454 e. The van der Waals surface area contributed by atoms with Crippen LogP contribution in [0, 0.1) is 0 Å². The van der Waals surface area contributed by atoms with Gasteiger partial charge in [0.1, 0.15) is 5.58 Å². The Morgan fingerprint density at radius 1 is 0.297 bits per heavy atom. The SMILES string of the molecule is c1ccc2c(c1)-c1ccccc1C21c2ccccc2-c2ccc(N(c3cccc4c3-c3ccccc3C43c4ccccc4-c4ccccc43)c3cccc4c3oc3ccccc34)cc21. The fourth-order valence-electron chi connectivity index (χ4n) is 12.8. The predicted octanol–water partition coefficient (Wildman–Crippen LogP) is 15.7. The number of para-hydroxylation sites is 2. The first-order valence-corrected chi connectivity index (χ1v) is 22.3. The summed E-state index contributed by atoms with van der Waals surface area (Å²) in [5.41, 5.74) is 24.8. The van der Waals surface area contributed by atoms with E-state index in [4.69, 9.17) is 4.42 Å². The van der Waals surface area contributed by atoms with Gasteiger partial charge in [0.25, 0.3) is 0 Å². The molecule has 10 aromatic carbocycles. The van der Waals surface area contributed by atoms with Crippen LogP contribution >= 0.6 is 0 Å². The standard InChI is InChI=1S/C62H37NO/c1-8-25-48-39(17-1)40-18-2-9-26-49(40)61(48)53-30-13-6-23-47(53)59-54(61)31-16-32-56(59)63(57-33-15-24-46-45-22-7-14-34-58(45)64-60(46)57)38-35-36-44-43-21-5-12-29-52(43)62(55(44)37-38)50-27-10-3-19-41(50)42-20-4-11-28-51(42)62/h1-37H. The maximum atomic E-state index is 6.97. The average molecular weight is 812 g/mol. The molecule has 0 unspecified atom stereocenters. The highest BCUT2D eigenvalue weighted by Gasteiger charge is 2.54. The molecule has 4 aliphatic rings. The molecule has 0 N–H and O–H groups in total.